The molecule has 0 bridgehead atoms. The summed E-state index contributed by atoms with van der Waals surface area (Å²) in [5.74, 6) is 0.0370. The van der Waals surface area contributed by atoms with Crippen LogP contribution in [0.2, 0.25) is 0 Å². The number of carbonyl (C=O) groups excluding carboxylic acids is 1. The van der Waals surface area contributed by atoms with Crippen molar-refractivity contribution in [2.24, 2.45) is 0 Å². The quantitative estimate of drug-likeness (QED) is 0.400. The Morgan fingerprint density at radius 3 is 2.67 bits per heavy atom. The van der Waals surface area contributed by atoms with Crippen molar-refractivity contribution in [3.05, 3.63) is 0 Å². The van der Waals surface area contributed by atoms with Gasteiger partial charge in [-0.3, -0.25) is 14.6 Å². The van der Waals surface area contributed by atoms with Gasteiger partial charge in [-0.25, -0.2) is 0 Å². The summed E-state index contributed by atoms with van der Waals surface area (Å²) >= 11 is 0. The summed E-state index contributed by atoms with van der Waals surface area (Å²) in [6, 6.07) is 0. The average Bonchev–Trinajstić information content (AvgIpc) is 2.30. The van der Waals surface area contributed by atoms with Gasteiger partial charge in [0.1, 0.15) is 6.17 Å². The van der Waals surface area contributed by atoms with Crippen molar-refractivity contribution in [2.75, 3.05) is 13.6 Å². The van der Waals surface area contributed by atoms with Crippen LogP contribution < -0.4 is 0 Å². The lowest BCUT2D eigenvalue weighted by Crippen LogP contribution is -2.25. The van der Waals surface area contributed by atoms with Gasteiger partial charge in [0.15, 0.2) is 6.23 Å². The number of carbonyl (C=O) groups is 1. The molecule has 9 heavy (non-hydrogen) atoms. The molecule has 0 aliphatic carbocycles. The number of hydrogen-bond donors (Lipinski definition) is 1. The highest BCUT2D eigenvalue weighted by molar-refractivity contribution is 5.84. The minimum Gasteiger partial charge on any atom is -0.370 e. The second kappa shape index (κ2) is 1.27. The van der Waals surface area contributed by atoms with E-state index in [1.807, 2.05) is 11.9 Å². The van der Waals surface area contributed by atoms with E-state index < -0.39 is 6.23 Å². The van der Waals surface area contributed by atoms with Gasteiger partial charge >= 0.3 is 0 Å². The van der Waals surface area contributed by atoms with Crippen LogP contribution in [0, 0.1) is 0 Å². The third kappa shape index (κ3) is 0.469. The average molecular weight is 128 g/mol. The van der Waals surface area contributed by atoms with Crippen LogP contribution in [0.1, 0.15) is 0 Å². The normalized spacial score (nSPS) is 41.6. The van der Waals surface area contributed by atoms with Crippen LogP contribution >= 0.6 is 0 Å². The monoisotopic (exact) mass is 128 g/mol. The lowest BCUT2D eigenvalue weighted by atomic mass is 10.5. The summed E-state index contributed by atoms with van der Waals surface area (Å²) in [5.41, 5.74) is 0. The molecule has 0 aromatic heterocycles. The van der Waals surface area contributed by atoms with Crippen molar-refractivity contribution in [3.8, 4) is 0 Å². The molecule has 50 valence electrons. The SMILES string of the molecule is CN1CC(=O)N2C(O)C12. The van der Waals surface area contributed by atoms with Crippen LogP contribution in [-0.2, 0) is 4.79 Å². The zero-order valence-electron chi connectivity index (χ0n) is 5.11. The molecule has 4 heteroatoms. The van der Waals surface area contributed by atoms with Crippen LogP contribution in [0.4, 0.5) is 0 Å². The summed E-state index contributed by atoms with van der Waals surface area (Å²) < 4.78 is 0. The Kier molecular flexibility index (Phi) is 0.736. The molecule has 2 atom stereocenters. The topological polar surface area (TPSA) is 43.5 Å². The molecule has 2 aliphatic rings. The van der Waals surface area contributed by atoms with E-state index in [0.29, 0.717) is 6.54 Å². The minimum absolute atomic E-state index is 0.00231. The van der Waals surface area contributed by atoms with Crippen LogP contribution in [0.15, 0.2) is 0 Å². The van der Waals surface area contributed by atoms with Crippen molar-refractivity contribution in [1.29, 1.82) is 0 Å². The van der Waals surface area contributed by atoms with E-state index >= 15 is 0 Å². The van der Waals surface area contributed by atoms with Gasteiger partial charge < -0.3 is 5.11 Å². The summed E-state index contributed by atoms with van der Waals surface area (Å²) in [7, 11) is 1.83. The Morgan fingerprint density at radius 2 is 2.44 bits per heavy atom. The van der Waals surface area contributed by atoms with Gasteiger partial charge in [-0.2, -0.15) is 0 Å². The van der Waals surface area contributed by atoms with Crippen molar-refractivity contribution in [3.63, 3.8) is 0 Å². The fourth-order valence-electron chi connectivity index (χ4n) is 1.33. The maximum atomic E-state index is 10.8. The number of fused-ring (bicyclic) bond motifs is 1. The number of piperazine rings is 1. The van der Waals surface area contributed by atoms with Gasteiger partial charge in [-0.1, -0.05) is 0 Å². The highest BCUT2D eigenvalue weighted by atomic mass is 16.3. The Morgan fingerprint density at radius 1 is 1.78 bits per heavy atom. The highest BCUT2D eigenvalue weighted by Gasteiger charge is 2.57. The van der Waals surface area contributed by atoms with Gasteiger partial charge in [0, 0.05) is 0 Å². The third-order valence-electron chi connectivity index (χ3n) is 1.87. The maximum absolute atomic E-state index is 10.8. The third-order valence-corrected chi connectivity index (χ3v) is 1.87. The molecular formula is C5H8N2O2. The van der Waals surface area contributed by atoms with Gasteiger partial charge in [-0.05, 0) is 7.05 Å². The molecule has 1 N–H and O–H groups in total. The van der Waals surface area contributed by atoms with Crippen molar-refractivity contribution < 1.29 is 9.90 Å². The van der Waals surface area contributed by atoms with Crippen LogP contribution in [-0.4, -0.2) is 46.8 Å². The summed E-state index contributed by atoms with van der Waals surface area (Å²) in [5, 5.41) is 8.95. The standard InChI is InChI=1S/C5H8N2O2/c1-6-2-3(8)7-4(6)5(7)9/h4-5,9H,2H2,1H3. The van der Waals surface area contributed by atoms with Gasteiger partial charge in [0.25, 0.3) is 0 Å². The first kappa shape index (κ1) is 5.20. The minimum atomic E-state index is -0.517. The molecule has 0 spiro atoms. The van der Waals surface area contributed by atoms with Crippen LogP contribution in [0.3, 0.4) is 0 Å². The van der Waals surface area contributed by atoms with E-state index in [-0.39, 0.29) is 12.1 Å². The second-order valence-corrected chi connectivity index (χ2v) is 2.54. The van der Waals surface area contributed by atoms with E-state index in [4.69, 9.17) is 5.11 Å². The summed E-state index contributed by atoms with van der Waals surface area (Å²) in [4.78, 5) is 14.1. The Bertz CT molecular complexity index is 170. The number of amides is 1. The maximum Gasteiger partial charge on any atom is 0.240 e. The number of likely N-dealkylation sites (N-methyl/N-ethyl adjacent to an activating group) is 1. The number of hydrogen-bond acceptors (Lipinski definition) is 3. The molecular weight excluding hydrogens is 120 g/mol. The lowest BCUT2D eigenvalue weighted by Gasteiger charge is -2.04. The fraction of sp³-hybridized carbons (Fsp3) is 0.800. The largest absolute Gasteiger partial charge is 0.370 e. The summed E-state index contributed by atoms with van der Waals surface area (Å²) in [6.07, 6.45) is -0.520. The molecule has 2 aliphatic heterocycles. The first-order valence-electron chi connectivity index (χ1n) is 2.91. The molecule has 2 fully saturated rings. The van der Waals surface area contributed by atoms with E-state index in [2.05, 4.69) is 0 Å². The van der Waals surface area contributed by atoms with Gasteiger partial charge in [-0.15, -0.1) is 0 Å². The molecule has 0 saturated carbocycles. The molecule has 0 radical (unpaired) electrons. The summed E-state index contributed by atoms with van der Waals surface area (Å²) in [6.45, 7) is 0.460. The molecule has 4 nitrogen and oxygen atoms in total. The zero-order valence-corrected chi connectivity index (χ0v) is 5.11. The van der Waals surface area contributed by atoms with E-state index in [9.17, 15) is 4.79 Å². The smallest absolute Gasteiger partial charge is 0.240 e. The molecule has 2 unspecified atom stereocenters. The predicted molar refractivity (Wildman–Crippen MR) is 29.3 cm³/mol. The molecule has 0 aromatic rings. The van der Waals surface area contributed by atoms with Crippen LogP contribution in [0.25, 0.3) is 0 Å². The van der Waals surface area contributed by atoms with Crippen molar-refractivity contribution in [1.82, 2.24) is 9.80 Å². The molecule has 2 rings (SSSR count). The lowest BCUT2D eigenvalue weighted by molar-refractivity contribution is -0.125. The molecule has 0 aromatic carbocycles. The number of rotatable bonds is 0. The number of aliphatic hydroxyl groups is 1. The molecule has 1 amide bonds. The van der Waals surface area contributed by atoms with Crippen LogP contribution in [0.5, 0.6) is 0 Å². The second-order valence-electron chi connectivity index (χ2n) is 2.54. The first-order valence-corrected chi connectivity index (χ1v) is 2.91. The fourth-order valence-corrected chi connectivity index (χ4v) is 1.33. The van der Waals surface area contributed by atoms with E-state index in [0.717, 1.165) is 0 Å². The Balaban J connectivity index is 2.19. The highest BCUT2D eigenvalue weighted by Crippen LogP contribution is 2.33. The predicted octanol–water partition coefficient (Wildman–Crippen LogP) is -1.58. The zero-order chi connectivity index (χ0) is 6.59. The van der Waals surface area contributed by atoms with Crippen molar-refractivity contribution in [2.45, 2.75) is 12.4 Å². The van der Waals surface area contributed by atoms with Crippen molar-refractivity contribution >= 4 is 5.91 Å². The van der Waals surface area contributed by atoms with E-state index in [1.54, 1.807) is 0 Å². The number of nitrogens with zero attached hydrogens (tertiary/aromatic N) is 2. The first-order chi connectivity index (χ1) is 4.22. The Labute approximate surface area is 52.7 Å². The molecule has 2 heterocycles. The molecule has 2 saturated heterocycles. The van der Waals surface area contributed by atoms with Gasteiger partial charge in [0.2, 0.25) is 5.91 Å². The Hall–Kier alpha value is -0.610. The van der Waals surface area contributed by atoms with E-state index in [1.165, 1.54) is 4.90 Å². The van der Waals surface area contributed by atoms with Gasteiger partial charge in [0.05, 0.1) is 6.54 Å². The number of aliphatic hydroxyl groups excluding tert-OH is 1.